The number of ether oxygens (including phenoxy) is 1. The molecular formula is C20H31N3O3S. The molecule has 7 heteroatoms. The third kappa shape index (κ3) is 4.58. The number of esters is 1. The number of carbonyl (C=O) groups is 1. The molecule has 0 fully saturated rings. The van der Waals surface area contributed by atoms with Gasteiger partial charge in [-0.25, -0.2) is 9.78 Å². The van der Waals surface area contributed by atoms with Crippen LogP contribution >= 0.6 is 11.3 Å². The minimum Gasteiger partial charge on any atom is -0.459 e. The Morgan fingerprint density at radius 3 is 2.37 bits per heavy atom. The molecular weight excluding hydrogens is 362 g/mol. The summed E-state index contributed by atoms with van der Waals surface area (Å²) in [5.41, 5.74) is 0.609. The minimum absolute atomic E-state index is 0.0618. The Balaban J connectivity index is 2.57. The van der Waals surface area contributed by atoms with Gasteiger partial charge in [0.2, 0.25) is 0 Å². The summed E-state index contributed by atoms with van der Waals surface area (Å²) in [4.78, 5) is 33.8. The molecule has 0 saturated carbocycles. The van der Waals surface area contributed by atoms with Crippen LogP contribution in [0.2, 0.25) is 0 Å². The van der Waals surface area contributed by atoms with E-state index in [0.717, 1.165) is 25.5 Å². The van der Waals surface area contributed by atoms with Gasteiger partial charge in [-0.3, -0.25) is 9.36 Å². The molecule has 2 aromatic rings. The maximum Gasteiger partial charge on any atom is 0.348 e. The lowest BCUT2D eigenvalue weighted by Gasteiger charge is -2.21. The summed E-state index contributed by atoms with van der Waals surface area (Å²) < 4.78 is 7.11. The van der Waals surface area contributed by atoms with E-state index in [1.54, 1.807) is 4.57 Å². The summed E-state index contributed by atoms with van der Waals surface area (Å²) in [6.45, 7) is 17.0. The monoisotopic (exact) mass is 393 g/mol. The summed E-state index contributed by atoms with van der Waals surface area (Å²) in [6, 6.07) is 0. The summed E-state index contributed by atoms with van der Waals surface area (Å²) in [6.07, 6.45) is -0.202. The largest absolute Gasteiger partial charge is 0.459 e. The summed E-state index contributed by atoms with van der Waals surface area (Å²) >= 11 is 1.25. The number of hydrogen-bond donors (Lipinski definition) is 0. The van der Waals surface area contributed by atoms with E-state index >= 15 is 0 Å². The molecule has 2 rings (SSSR count). The number of thiophene rings is 1. The predicted octanol–water partition coefficient (Wildman–Crippen LogP) is 3.80. The fourth-order valence-corrected chi connectivity index (χ4v) is 4.19. The van der Waals surface area contributed by atoms with Crippen LogP contribution in [0.4, 0.5) is 0 Å². The fraction of sp³-hybridized carbons (Fsp3) is 0.650. The van der Waals surface area contributed by atoms with Crippen LogP contribution in [0.5, 0.6) is 0 Å². The van der Waals surface area contributed by atoms with Crippen LogP contribution < -0.4 is 5.56 Å². The average molecular weight is 394 g/mol. The summed E-state index contributed by atoms with van der Waals surface area (Å²) in [7, 11) is 0. The van der Waals surface area contributed by atoms with Crippen molar-refractivity contribution in [3.63, 3.8) is 0 Å². The van der Waals surface area contributed by atoms with Crippen molar-refractivity contribution in [2.75, 3.05) is 19.6 Å². The van der Waals surface area contributed by atoms with Gasteiger partial charge in [-0.05, 0) is 39.4 Å². The average Bonchev–Trinajstić information content (AvgIpc) is 2.93. The molecule has 0 bridgehead atoms. The van der Waals surface area contributed by atoms with Crippen molar-refractivity contribution in [3.8, 4) is 0 Å². The van der Waals surface area contributed by atoms with Gasteiger partial charge in [0.15, 0.2) is 0 Å². The SMILES string of the molecule is CCN(CC)CCn1c(C(C)C)nc2sc(C(=O)OC(C)C)c(C)c2c1=O. The van der Waals surface area contributed by atoms with E-state index in [9.17, 15) is 9.59 Å². The first-order valence-corrected chi connectivity index (χ1v) is 10.5. The van der Waals surface area contributed by atoms with Crippen molar-refractivity contribution in [2.24, 2.45) is 0 Å². The molecule has 27 heavy (non-hydrogen) atoms. The highest BCUT2D eigenvalue weighted by molar-refractivity contribution is 7.20. The van der Waals surface area contributed by atoms with Gasteiger partial charge in [0.05, 0.1) is 11.5 Å². The van der Waals surface area contributed by atoms with Crippen LogP contribution in [0.3, 0.4) is 0 Å². The summed E-state index contributed by atoms with van der Waals surface area (Å²) in [5, 5.41) is 0.541. The van der Waals surface area contributed by atoms with E-state index in [1.807, 2.05) is 34.6 Å². The quantitative estimate of drug-likeness (QED) is 0.638. The van der Waals surface area contributed by atoms with Gasteiger partial charge in [0, 0.05) is 19.0 Å². The molecule has 0 atom stereocenters. The van der Waals surface area contributed by atoms with Gasteiger partial charge < -0.3 is 9.64 Å². The van der Waals surface area contributed by atoms with Crippen LogP contribution in [0, 0.1) is 6.92 Å². The molecule has 0 aliphatic rings. The lowest BCUT2D eigenvalue weighted by atomic mass is 10.1. The highest BCUT2D eigenvalue weighted by atomic mass is 32.1. The maximum atomic E-state index is 13.3. The fourth-order valence-electron chi connectivity index (χ4n) is 3.13. The molecule has 150 valence electrons. The molecule has 0 spiro atoms. The summed E-state index contributed by atoms with van der Waals surface area (Å²) in [5.74, 6) is 0.502. The standard InChI is InChI=1S/C20H31N3O3S/c1-8-22(9-2)10-11-23-17(12(3)4)21-18-15(19(23)24)14(7)16(27-18)20(25)26-13(5)6/h12-13H,8-11H2,1-7H3. The third-order valence-electron chi connectivity index (χ3n) is 4.66. The molecule has 0 aromatic carbocycles. The Morgan fingerprint density at radius 2 is 1.85 bits per heavy atom. The number of aryl methyl sites for hydroxylation is 1. The highest BCUT2D eigenvalue weighted by Gasteiger charge is 2.23. The first-order chi connectivity index (χ1) is 12.7. The zero-order valence-corrected chi connectivity index (χ0v) is 18.3. The topological polar surface area (TPSA) is 64.4 Å². The number of fused-ring (bicyclic) bond motifs is 1. The highest BCUT2D eigenvalue weighted by Crippen LogP contribution is 2.29. The molecule has 0 N–H and O–H groups in total. The maximum absolute atomic E-state index is 13.3. The van der Waals surface area contributed by atoms with Crippen LogP contribution in [-0.4, -0.2) is 46.2 Å². The first kappa shape index (κ1) is 21.6. The van der Waals surface area contributed by atoms with Crippen molar-refractivity contribution in [1.82, 2.24) is 14.5 Å². The van der Waals surface area contributed by atoms with Crippen molar-refractivity contribution >= 4 is 27.5 Å². The molecule has 0 radical (unpaired) electrons. The van der Waals surface area contributed by atoms with Gasteiger partial charge in [-0.2, -0.15) is 0 Å². The zero-order valence-electron chi connectivity index (χ0n) is 17.5. The van der Waals surface area contributed by atoms with E-state index in [1.165, 1.54) is 11.3 Å². The molecule has 0 amide bonds. The number of nitrogens with zero attached hydrogens (tertiary/aromatic N) is 3. The van der Waals surface area contributed by atoms with E-state index in [2.05, 4.69) is 18.7 Å². The van der Waals surface area contributed by atoms with E-state index in [-0.39, 0.29) is 23.6 Å². The van der Waals surface area contributed by atoms with Crippen LogP contribution in [0.25, 0.3) is 10.2 Å². The van der Waals surface area contributed by atoms with Gasteiger partial charge in [0.25, 0.3) is 5.56 Å². The Kier molecular flexibility index (Phi) is 7.17. The van der Waals surface area contributed by atoms with Crippen molar-refractivity contribution in [1.29, 1.82) is 0 Å². The number of rotatable bonds is 8. The zero-order chi connectivity index (χ0) is 20.3. The minimum atomic E-state index is -0.384. The van der Waals surface area contributed by atoms with E-state index in [0.29, 0.717) is 27.2 Å². The molecule has 2 heterocycles. The number of likely N-dealkylation sites (N-methyl/N-ethyl adjacent to an activating group) is 1. The Bertz CT molecular complexity index is 863. The number of carbonyl (C=O) groups excluding carboxylic acids is 1. The van der Waals surface area contributed by atoms with Gasteiger partial charge >= 0.3 is 5.97 Å². The Labute approximate surface area is 165 Å². The molecule has 2 aromatic heterocycles. The molecule has 0 unspecified atom stereocenters. The lowest BCUT2D eigenvalue weighted by molar-refractivity contribution is 0.0383. The van der Waals surface area contributed by atoms with Crippen LogP contribution in [-0.2, 0) is 11.3 Å². The van der Waals surface area contributed by atoms with Gasteiger partial charge in [-0.1, -0.05) is 27.7 Å². The Hall–Kier alpha value is -1.73. The molecule has 6 nitrogen and oxygen atoms in total. The second-order valence-corrected chi connectivity index (χ2v) is 8.30. The second kappa shape index (κ2) is 8.97. The van der Waals surface area contributed by atoms with Crippen molar-refractivity contribution in [2.45, 2.75) is 67.0 Å². The molecule has 0 aliphatic heterocycles. The van der Waals surface area contributed by atoms with Crippen LogP contribution in [0.1, 0.15) is 68.5 Å². The van der Waals surface area contributed by atoms with E-state index in [4.69, 9.17) is 9.72 Å². The normalized spacial score (nSPS) is 11.9. The van der Waals surface area contributed by atoms with Crippen LogP contribution in [0.15, 0.2) is 4.79 Å². The molecule has 0 aliphatic carbocycles. The number of hydrogen-bond acceptors (Lipinski definition) is 6. The van der Waals surface area contributed by atoms with Crippen molar-refractivity contribution in [3.05, 3.63) is 26.6 Å². The Morgan fingerprint density at radius 1 is 1.22 bits per heavy atom. The van der Waals surface area contributed by atoms with Gasteiger partial charge in [0.1, 0.15) is 15.5 Å². The number of aromatic nitrogens is 2. The lowest BCUT2D eigenvalue weighted by Crippen LogP contribution is -2.33. The molecule has 0 saturated heterocycles. The van der Waals surface area contributed by atoms with Gasteiger partial charge in [-0.15, -0.1) is 11.3 Å². The second-order valence-electron chi connectivity index (χ2n) is 7.30. The predicted molar refractivity (Wildman–Crippen MR) is 111 cm³/mol. The van der Waals surface area contributed by atoms with Crippen molar-refractivity contribution < 1.29 is 9.53 Å². The smallest absolute Gasteiger partial charge is 0.348 e. The third-order valence-corrected chi connectivity index (χ3v) is 5.82. The van der Waals surface area contributed by atoms with E-state index < -0.39 is 0 Å². The first-order valence-electron chi connectivity index (χ1n) is 9.68.